The topological polar surface area (TPSA) is 153 Å². The zero-order valence-electron chi connectivity index (χ0n) is 15.8. The van der Waals surface area contributed by atoms with Gasteiger partial charge in [-0.15, -0.1) is 0 Å². The van der Waals surface area contributed by atoms with Gasteiger partial charge in [0.05, 0.1) is 16.9 Å². The molecule has 9 nitrogen and oxygen atoms in total. The van der Waals surface area contributed by atoms with Crippen LogP contribution in [0.4, 0.5) is 40.7 Å². The molecule has 14 heteroatoms. The van der Waals surface area contributed by atoms with Crippen molar-refractivity contribution < 1.29 is 30.8 Å². The smallest absolute Gasteiger partial charge is 0.365 e. The number of anilines is 4. The van der Waals surface area contributed by atoms with Gasteiger partial charge in [0.1, 0.15) is 22.1 Å². The van der Waals surface area contributed by atoms with Crippen LogP contribution in [0.5, 0.6) is 0 Å². The Hall–Kier alpha value is -3.78. The lowest BCUT2D eigenvalue weighted by Crippen LogP contribution is -2.18. The highest BCUT2D eigenvalue weighted by molar-refractivity contribution is 7.89. The Morgan fingerprint density at radius 2 is 1.72 bits per heavy atom. The summed E-state index contributed by atoms with van der Waals surface area (Å²) in [6, 6.07) is 7.10. The average Bonchev–Trinajstić information content (AvgIpc) is 2.68. The molecule has 1 heterocycles. The standard InChI is InChI=1S/C18H14F4N6O3S/c19-11-6-5-9(18(20,21)22)7-13(11)27-17-25-8-10(15(23)29)16(28-17)26-12-3-1-2-4-14(12)32(24,30)31/h1-8H,(H2,23,29)(H2,24,30,31)(H2,25,26,27,28). The Balaban J connectivity index is 2.03. The van der Waals surface area contributed by atoms with Crippen molar-refractivity contribution in [2.75, 3.05) is 10.6 Å². The minimum Gasteiger partial charge on any atom is -0.365 e. The summed E-state index contributed by atoms with van der Waals surface area (Å²) in [5.74, 6) is -2.70. The van der Waals surface area contributed by atoms with Crippen molar-refractivity contribution in [3.8, 4) is 0 Å². The van der Waals surface area contributed by atoms with E-state index in [1.54, 1.807) is 0 Å². The van der Waals surface area contributed by atoms with E-state index in [2.05, 4.69) is 20.6 Å². The van der Waals surface area contributed by atoms with Crippen LogP contribution in [-0.4, -0.2) is 24.3 Å². The summed E-state index contributed by atoms with van der Waals surface area (Å²) >= 11 is 0. The van der Waals surface area contributed by atoms with Gasteiger partial charge in [-0.05, 0) is 30.3 Å². The molecule has 0 radical (unpaired) electrons. The van der Waals surface area contributed by atoms with Gasteiger partial charge in [-0.25, -0.2) is 22.9 Å². The van der Waals surface area contributed by atoms with Crippen LogP contribution < -0.4 is 21.5 Å². The Kier molecular flexibility index (Phi) is 6.00. The first-order valence-corrected chi connectivity index (χ1v) is 10.1. The molecule has 3 aromatic rings. The molecule has 0 aliphatic carbocycles. The van der Waals surface area contributed by atoms with E-state index >= 15 is 0 Å². The molecule has 0 aliphatic rings. The van der Waals surface area contributed by atoms with Crippen molar-refractivity contribution in [3.63, 3.8) is 0 Å². The van der Waals surface area contributed by atoms with E-state index in [-0.39, 0.29) is 22.0 Å². The van der Waals surface area contributed by atoms with E-state index in [4.69, 9.17) is 10.9 Å². The number of carbonyl (C=O) groups excluding carboxylic acids is 1. The minimum atomic E-state index is -4.72. The van der Waals surface area contributed by atoms with Crippen LogP contribution in [0.1, 0.15) is 15.9 Å². The quantitative estimate of drug-likeness (QED) is 0.404. The first kappa shape index (κ1) is 22.9. The Bertz CT molecular complexity index is 1300. The number of carbonyl (C=O) groups is 1. The third kappa shape index (κ3) is 5.09. The molecule has 0 bridgehead atoms. The molecule has 0 aliphatic heterocycles. The number of primary sulfonamides is 1. The first-order chi connectivity index (χ1) is 14.9. The summed E-state index contributed by atoms with van der Waals surface area (Å²) in [6.45, 7) is 0. The number of primary amides is 1. The molecular weight excluding hydrogens is 456 g/mol. The zero-order chi connectivity index (χ0) is 23.7. The number of rotatable bonds is 6. The molecular formula is C18H14F4N6O3S. The number of hydrogen-bond acceptors (Lipinski definition) is 7. The maximum absolute atomic E-state index is 14.0. The maximum Gasteiger partial charge on any atom is 0.416 e. The highest BCUT2D eigenvalue weighted by Gasteiger charge is 2.31. The summed E-state index contributed by atoms with van der Waals surface area (Å²) < 4.78 is 76.4. The SMILES string of the molecule is NC(=O)c1cnc(Nc2cc(C(F)(F)F)ccc2F)nc1Nc1ccccc1S(N)(=O)=O. The molecule has 0 saturated carbocycles. The second-order valence-electron chi connectivity index (χ2n) is 6.30. The number of amides is 1. The van der Waals surface area contributed by atoms with Crippen molar-refractivity contribution in [2.24, 2.45) is 10.9 Å². The number of para-hydroxylation sites is 1. The fourth-order valence-electron chi connectivity index (χ4n) is 2.58. The molecule has 1 amide bonds. The lowest BCUT2D eigenvalue weighted by atomic mass is 10.2. The summed E-state index contributed by atoms with van der Waals surface area (Å²) in [4.78, 5) is 19.1. The highest BCUT2D eigenvalue weighted by atomic mass is 32.2. The van der Waals surface area contributed by atoms with Crippen molar-refractivity contribution in [1.29, 1.82) is 0 Å². The van der Waals surface area contributed by atoms with E-state index in [0.29, 0.717) is 18.2 Å². The number of nitrogens with zero attached hydrogens (tertiary/aromatic N) is 2. The zero-order valence-corrected chi connectivity index (χ0v) is 16.6. The normalized spacial score (nSPS) is 11.8. The van der Waals surface area contributed by atoms with Crippen LogP contribution in [0.15, 0.2) is 53.6 Å². The summed E-state index contributed by atoms with van der Waals surface area (Å²) in [6.07, 6.45) is -3.78. The predicted molar refractivity (Wildman–Crippen MR) is 106 cm³/mol. The fourth-order valence-corrected chi connectivity index (χ4v) is 3.27. The number of nitrogens with two attached hydrogens (primary N) is 2. The van der Waals surface area contributed by atoms with E-state index < -0.39 is 45.1 Å². The van der Waals surface area contributed by atoms with Gasteiger partial charge in [0.2, 0.25) is 16.0 Å². The van der Waals surface area contributed by atoms with Crippen LogP contribution in [-0.2, 0) is 16.2 Å². The maximum atomic E-state index is 14.0. The number of halogens is 4. The van der Waals surface area contributed by atoms with Crippen LogP contribution >= 0.6 is 0 Å². The number of hydrogen-bond donors (Lipinski definition) is 4. The fraction of sp³-hybridized carbons (Fsp3) is 0.0556. The van der Waals surface area contributed by atoms with E-state index in [0.717, 1.165) is 6.20 Å². The molecule has 6 N–H and O–H groups in total. The van der Waals surface area contributed by atoms with E-state index in [1.165, 1.54) is 24.3 Å². The third-order valence-electron chi connectivity index (χ3n) is 4.04. The van der Waals surface area contributed by atoms with Crippen LogP contribution in [0.25, 0.3) is 0 Å². The van der Waals surface area contributed by atoms with Gasteiger partial charge in [0.25, 0.3) is 5.91 Å². The minimum absolute atomic E-state index is 0.0626. The van der Waals surface area contributed by atoms with Gasteiger partial charge >= 0.3 is 6.18 Å². The molecule has 32 heavy (non-hydrogen) atoms. The van der Waals surface area contributed by atoms with Crippen molar-refractivity contribution in [2.45, 2.75) is 11.1 Å². The second-order valence-corrected chi connectivity index (χ2v) is 7.83. The number of nitrogens with one attached hydrogen (secondary N) is 2. The molecule has 0 unspecified atom stereocenters. The largest absolute Gasteiger partial charge is 0.416 e. The molecule has 0 saturated heterocycles. The first-order valence-electron chi connectivity index (χ1n) is 8.55. The molecule has 168 valence electrons. The number of sulfonamides is 1. The number of aromatic nitrogens is 2. The molecule has 2 aromatic carbocycles. The molecule has 0 spiro atoms. The van der Waals surface area contributed by atoms with Crippen LogP contribution in [0.2, 0.25) is 0 Å². The Labute approximate surface area is 178 Å². The van der Waals surface area contributed by atoms with Crippen molar-refractivity contribution in [3.05, 3.63) is 65.6 Å². The molecule has 3 rings (SSSR count). The summed E-state index contributed by atoms with van der Waals surface area (Å²) in [7, 11) is -4.16. The van der Waals surface area contributed by atoms with Crippen LogP contribution in [0, 0.1) is 5.82 Å². The van der Waals surface area contributed by atoms with Gasteiger partial charge in [-0.2, -0.15) is 18.2 Å². The lowest BCUT2D eigenvalue weighted by molar-refractivity contribution is -0.137. The Morgan fingerprint density at radius 3 is 2.34 bits per heavy atom. The lowest BCUT2D eigenvalue weighted by Gasteiger charge is -2.14. The van der Waals surface area contributed by atoms with Gasteiger partial charge in [0.15, 0.2) is 0 Å². The number of alkyl halides is 3. The highest BCUT2D eigenvalue weighted by Crippen LogP contribution is 2.33. The summed E-state index contributed by atoms with van der Waals surface area (Å²) in [5, 5.41) is 10.0. The van der Waals surface area contributed by atoms with Gasteiger partial charge < -0.3 is 16.4 Å². The van der Waals surface area contributed by atoms with Crippen molar-refractivity contribution >= 4 is 39.1 Å². The van der Waals surface area contributed by atoms with E-state index in [1.807, 2.05) is 0 Å². The van der Waals surface area contributed by atoms with Gasteiger partial charge in [-0.1, -0.05) is 12.1 Å². The second kappa shape index (κ2) is 8.39. The van der Waals surface area contributed by atoms with Crippen molar-refractivity contribution in [1.82, 2.24) is 9.97 Å². The molecule has 1 aromatic heterocycles. The van der Waals surface area contributed by atoms with Gasteiger partial charge in [0, 0.05) is 6.20 Å². The monoisotopic (exact) mass is 470 g/mol. The van der Waals surface area contributed by atoms with Gasteiger partial charge in [-0.3, -0.25) is 4.79 Å². The van der Waals surface area contributed by atoms with Crippen LogP contribution in [0.3, 0.4) is 0 Å². The molecule has 0 atom stereocenters. The number of benzene rings is 2. The Morgan fingerprint density at radius 1 is 1.03 bits per heavy atom. The summed E-state index contributed by atoms with van der Waals surface area (Å²) in [5.41, 5.74) is 3.25. The molecule has 0 fully saturated rings. The predicted octanol–water partition coefficient (Wildman–Crippen LogP) is 2.87. The third-order valence-corrected chi connectivity index (χ3v) is 5.01. The average molecular weight is 470 g/mol. The van der Waals surface area contributed by atoms with E-state index in [9.17, 15) is 30.8 Å².